The van der Waals surface area contributed by atoms with Crippen molar-refractivity contribution in [3.05, 3.63) is 29.3 Å². The fraction of sp³-hybridized carbons (Fsp3) is 0.654. The summed E-state index contributed by atoms with van der Waals surface area (Å²) in [6, 6.07) is 5.66. The number of carboxylic acid groups (broad SMARTS) is 1. The molecule has 3 unspecified atom stereocenters. The summed E-state index contributed by atoms with van der Waals surface area (Å²) in [5, 5.41) is 31.9. The number of rotatable bonds is 4. The standard InChI is InChI=1S/C20H25NO3.C4H7NO3.C2H6/c22-15-4-3-14-9-18-20(24)6-5-16(23)11-19(20,17(14)10-15)7-8-21(18)12-13-1-2-13;1-3(6)5-2-4(7)8;1-2/h3-4,10,13,18,22,24H,1-2,5-9,11-12H2;2H2,1H3,(H,5,6)(H,7,8);1-2H3. The molecule has 8 heteroatoms. The Morgan fingerprint density at radius 2 is 1.91 bits per heavy atom. The number of carboxylic acids is 1. The first-order chi connectivity index (χ1) is 16.1. The Labute approximate surface area is 201 Å². The number of likely N-dealkylation sites (tertiary alicyclic amines) is 1. The molecule has 188 valence electrons. The molecule has 34 heavy (non-hydrogen) atoms. The highest BCUT2D eigenvalue weighted by Crippen LogP contribution is 2.58. The maximum Gasteiger partial charge on any atom is 0.322 e. The summed E-state index contributed by atoms with van der Waals surface area (Å²) in [7, 11) is 0. The number of phenols is 1. The van der Waals surface area contributed by atoms with Gasteiger partial charge in [0.25, 0.3) is 0 Å². The smallest absolute Gasteiger partial charge is 0.322 e. The number of benzene rings is 1. The van der Waals surface area contributed by atoms with Gasteiger partial charge in [0.1, 0.15) is 18.1 Å². The molecule has 0 radical (unpaired) electrons. The zero-order valence-electron chi connectivity index (χ0n) is 20.5. The molecule has 1 amide bonds. The molecule has 4 N–H and O–H groups in total. The van der Waals surface area contributed by atoms with Crippen LogP contribution in [0.2, 0.25) is 0 Å². The van der Waals surface area contributed by atoms with Crippen LogP contribution in [0, 0.1) is 5.92 Å². The topological polar surface area (TPSA) is 127 Å². The van der Waals surface area contributed by atoms with Gasteiger partial charge in [0.05, 0.1) is 5.60 Å². The lowest BCUT2D eigenvalue weighted by Gasteiger charge is -2.63. The van der Waals surface area contributed by atoms with Crippen LogP contribution in [0.5, 0.6) is 5.75 Å². The van der Waals surface area contributed by atoms with Crippen molar-refractivity contribution in [1.82, 2.24) is 10.2 Å². The van der Waals surface area contributed by atoms with Crippen LogP contribution in [0.3, 0.4) is 0 Å². The largest absolute Gasteiger partial charge is 0.508 e. The number of amides is 1. The number of aromatic hydroxyl groups is 1. The van der Waals surface area contributed by atoms with E-state index in [2.05, 4.69) is 10.2 Å². The summed E-state index contributed by atoms with van der Waals surface area (Å²) >= 11 is 0. The van der Waals surface area contributed by atoms with Crippen molar-refractivity contribution in [3.8, 4) is 5.75 Å². The van der Waals surface area contributed by atoms with Gasteiger partial charge in [-0.25, -0.2) is 0 Å². The summed E-state index contributed by atoms with van der Waals surface area (Å²) in [5.74, 6) is -0.0623. The van der Waals surface area contributed by atoms with E-state index >= 15 is 0 Å². The lowest BCUT2D eigenvalue weighted by molar-refractivity contribution is -0.173. The lowest BCUT2D eigenvalue weighted by Crippen LogP contribution is -2.73. The molecule has 3 atom stereocenters. The van der Waals surface area contributed by atoms with Gasteiger partial charge in [-0.15, -0.1) is 0 Å². The van der Waals surface area contributed by atoms with Crippen molar-refractivity contribution in [2.45, 2.75) is 82.8 Å². The molecule has 5 rings (SSSR count). The third-order valence-electron chi connectivity index (χ3n) is 7.63. The number of ketones is 1. The molecule has 2 bridgehead atoms. The van der Waals surface area contributed by atoms with Gasteiger partial charge in [0, 0.05) is 37.8 Å². The minimum Gasteiger partial charge on any atom is -0.508 e. The number of fused-ring (bicyclic) bond motifs is 1. The molecule has 4 aliphatic rings. The van der Waals surface area contributed by atoms with E-state index < -0.39 is 17.0 Å². The van der Waals surface area contributed by atoms with E-state index in [0.717, 1.165) is 37.4 Å². The first-order valence-electron chi connectivity index (χ1n) is 12.4. The molecule has 1 aromatic rings. The summed E-state index contributed by atoms with van der Waals surface area (Å²) in [6.07, 6.45) is 5.75. The van der Waals surface area contributed by atoms with Crippen LogP contribution in [0.15, 0.2) is 18.2 Å². The SMILES string of the molecule is CC.CC(=O)NCC(=O)O.O=C1CCC2(O)C3Cc4ccc(O)cc4C2(CCN3CC2CC2)C1. The molecular formula is C26H38N2O6. The van der Waals surface area contributed by atoms with Gasteiger partial charge in [-0.2, -0.15) is 0 Å². The second-order valence-corrected chi connectivity index (χ2v) is 9.77. The zero-order chi connectivity index (χ0) is 25.1. The van der Waals surface area contributed by atoms with Gasteiger partial charge in [-0.3, -0.25) is 19.3 Å². The molecule has 1 heterocycles. The summed E-state index contributed by atoms with van der Waals surface area (Å²) < 4.78 is 0. The van der Waals surface area contributed by atoms with E-state index in [-0.39, 0.29) is 30.0 Å². The van der Waals surface area contributed by atoms with Crippen LogP contribution in [-0.4, -0.2) is 69.2 Å². The Morgan fingerprint density at radius 1 is 1.21 bits per heavy atom. The third-order valence-corrected chi connectivity index (χ3v) is 7.63. The molecule has 0 aromatic heterocycles. The molecule has 0 spiro atoms. The summed E-state index contributed by atoms with van der Waals surface area (Å²) in [5.41, 5.74) is 0.895. The fourth-order valence-electron chi connectivity index (χ4n) is 5.94. The quantitative estimate of drug-likeness (QED) is 0.528. The van der Waals surface area contributed by atoms with Crippen molar-refractivity contribution < 1.29 is 29.7 Å². The minimum absolute atomic E-state index is 0.108. The highest BCUT2D eigenvalue weighted by Gasteiger charge is 2.64. The van der Waals surface area contributed by atoms with Gasteiger partial charge in [-0.05, 0) is 67.8 Å². The summed E-state index contributed by atoms with van der Waals surface area (Å²) in [6.45, 7) is 7.01. The van der Waals surface area contributed by atoms with Crippen molar-refractivity contribution in [2.24, 2.45) is 5.92 Å². The van der Waals surface area contributed by atoms with Crippen molar-refractivity contribution in [2.75, 3.05) is 19.6 Å². The van der Waals surface area contributed by atoms with Crippen LogP contribution < -0.4 is 5.32 Å². The van der Waals surface area contributed by atoms with Crippen molar-refractivity contribution in [3.63, 3.8) is 0 Å². The third kappa shape index (κ3) is 5.13. The van der Waals surface area contributed by atoms with Crippen LogP contribution in [0.25, 0.3) is 0 Å². The van der Waals surface area contributed by atoms with Gasteiger partial charge in [0.15, 0.2) is 0 Å². The number of Topliss-reactive ketones (excluding diaryl/α,β-unsaturated/α-hetero) is 1. The van der Waals surface area contributed by atoms with Crippen LogP contribution in [0.4, 0.5) is 0 Å². The van der Waals surface area contributed by atoms with E-state index in [1.54, 1.807) is 6.07 Å². The van der Waals surface area contributed by atoms with E-state index in [9.17, 15) is 24.6 Å². The van der Waals surface area contributed by atoms with Crippen LogP contribution in [-0.2, 0) is 26.2 Å². The number of nitrogens with one attached hydrogen (secondary N) is 1. The molecule has 8 nitrogen and oxygen atoms in total. The number of nitrogens with zero attached hydrogens (tertiary/aromatic N) is 1. The maximum absolute atomic E-state index is 12.3. The van der Waals surface area contributed by atoms with E-state index in [0.29, 0.717) is 19.3 Å². The molecule has 1 aromatic carbocycles. The Morgan fingerprint density at radius 3 is 2.50 bits per heavy atom. The van der Waals surface area contributed by atoms with E-state index in [1.165, 1.54) is 25.3 Å². The monoisotopic (exact) mass is 474 g/mol. The first-order valence-corrected chi connectivity index (χ1v) is 12.4. The Balaban J connectivity index is 0.000000279. The number of piperidine rings is 1. The lowest BCUT2D eigenvalue weighted by atomic mass is 9.49. The van der Waals surface area contributed by atoms with Crippen molar-refractivity contribution in [1.29, 1.82) is 0 Å². The van der Waals surface area contributed by atoms with Gasteiger partial charge < -0.3 is 20.6 Å². The molecular weight excluding hydrogens is 436 g/mol. The predicted molar refractivity (Wildman–Crippen MR) is 128 cm³/mol. The Hall–Kier alpha value is -2.45. The van der Waals surface area contributed by atoms with Gasteiger partial charge >= 0.3 is 5.97 Å². The minimum atomic E-state index is -1.03. The van der Waals surface area contributed by atoms with Crippen LogP contribution >= 0.6 is 0 Å². The maximum atomic E-state index is 12.3. The van der Waals surface area contributed by atoms with Gasteiger partial charge in [-0.1, -0.05) is 19.9 Å². The Kier molecular flexibility index (Phi) is 8.03. The molecule has 3 fully saturated rings. The number of aliphatic carboxylic acids is 1. The average Bonchev–Trinajstić information content (AvgIpc) is 3.61. The molecule has 1 aliphatic heterocycles. The number of hydrogen-bond acceptors (Lipinski definition) is 6. The highest BCUT2D eigenvalue weighted by atomic mass is 16.4. The van der Waals surface area contributed by atoms with E-state index in [4.69, 9.17) is 5.11 Å². The zero-order valence-corrected chi connectivity index (χ0v) is 20.5. The average molecular weight is 475 g/mol. The number of aliphatic hydroxyl groups is 1. The first kappa shape index (κ1) is 26.2. The second-order valence-electron chi connectivity index (χ2n) is 9.77. The van der Waals surface area contributed by atoms with E-state index in [1.807, 2.05) is 26.0 Å². The number of hydrogen-bond donors (Lipinski definition) is 4. The second kappa shape index (κ2) is 10.4. The highest BCUT2D eigenvalue weighted by molar-refractivity contribution is 5.82. The molecule has 3 aliphatic carbocycles. The van der Waals surface area contributed by atoms with Gasteiger partial charge in [0.2, 0.25) is 5.91 Å². The summed E-state index contributed by atoms with van der Waals surface area (Å²) in [4.78, 5) is 34.5. The normalized spacial score (nSPS) is 29.3. The molecule has 1 saturated heterocycles. The number of carbonyl (C=O) groups is 3. The number of phenolic OH excluding ortho intramolecular Hbond substituents is 1. The number of carbonyl (C=O) groups excluding carboxylic acids is 2. The predicted octanol–water partition coefficient (Wildman–Crippen LogP) is 2.39. The van der Waals surface area contributed by atoms with Crippen LogP contribution in [0.1, 0.15) is 70.4 Å². The van der Waals surface area contributed by atoms with Crippen molar-refractivity contribution >= 4 is 17.7 Å². The fourth-order valence-corrected chi connectivity index (χ4v) is 5.94. The molecule has 2 saturated carbocycles. The Bertz CT molecular complexity index is 916.